The number of hydrogen-bond acceptors (Lipinski definition) is 10. The molecule has 1 aliphatic heterocycles. The van der Waals surface area contributed by atoms with E-state index < -0.39 is 0 Å². The molecule has 1 saturated carbocycles. The monoisotopic (exact) mass is 681 g/mol. The maximum Gasteiger partial charge on any atom is 0.256 e. The normalized spacial score (nSPS) is 19.9. The molecule has 3 N–H and O–H groups in total. The predicted molar refractivity (Wildman–Crippen MR) is 189 cm³/mol. The molecule has 1 saturated heterocycles. The van der Waals surface area contributed by atoms with E-state index in [-0.39, 0.29) is 11.5 Å². The Hall–Kier alpha value is -3.78. The molecule has 0 radical (unpaired) electrons. The summed E-state index contributed by atoms with van der Waals surface area (Å²) in [6.45, 7) is 11.2. The van der Waals surface area contributed by atoms with Gasteiger partial charge in [-0.3, -0.25) is 14.6 Å². The number of methoxy groups -OCH3 is 1. The molecule has 2 aromatic heterocycles. The first kappa shape index (κ1) is 35.5. The molecule has 0 amide bonds. The fourth-order valence-electron chi connectivity index (χ4n) is 6.05. The summed E-state index contributed by atoms with van der Waals surface area (Å²) in [4.78, 5) is 19.8. The first-order valence-electron chi connectivity index (χ1n) is 16.5. The summed E-state index contributed by atoms with van der Waals surface area (Å²) in [5, 5.41) is 8.77. The molecule has 260 valence electrons. The number of halogens is 1. The van der Waals surface area contributed by atoms with E-state index in [2.05, 4.69) is 48.7 Å². The second-order valence-corrected chi connectivity index (χ2v) is 13.5. The number of nitrogens with two attached hydrogens (primary N) is 1. The molecule has 3 heterocycles. The van der Waals surface area contributed by atoms with Crippen LogP contribution in [-0.2, 0) is 9.47 Å². The summed E-state index contributed by atoms with van der Waals surface area (Å²) in [7, 11) is 1.70. The fraction of sp³-hybridized carbons (Fsp3) is 0.559. The highest BCUT2D eigenvalue weighted by Crippen LogP contribution is 2.36. The molecule has 13 nitrogen and oxygen atoms in total. The van der Waals surface area contributed by atoms with Gasteiger partial charge in [-0.05, 0) is 50.3 Å². The number of anilines is 2. The third-order valence-electron chi connectivity index (χ3n) is 8.52. The van der Waals surface area contributed by atoms with Gasteiger partial charge in [0.1, 0.15) is 23.9 Å². The molecule has 2 aliphatic rings. The molecule has 1 aromatic carbocycles. The molecule has 0 bridgehead atoms. The average molecular weight is 682 g/mol. The number of hydrogen-bond donors (Lipinski definition) is 2. The number of morpholine rings is 1. The van der Waals surface area contributed by atoms with Crippen LogP contribution in [-0.4, -0.2) is 103 Å². The lowest BCUT2D eigenvalue weighted by atomic mass is 9.90. The summed E-state index contributed by atoms with van der Waals surface area (Å²) >= 11 is 6.44. The average Bonchev–Trinajstić information content (AvgIpc) is 3.50. The summed E-state index contributed by atoms with van der Waals surface area (Å²) in [5.41, 5.74) is 7.46. The van der Waals surface area contributed by atoms with Crippen molar-refractivity contribution in [3.63, 3.8) is 0 Å². The highest BCUT2D eigenvalue weighted by molar-refractivity contribution is 6.32. The number of nitrogens with one attached hydrogen (secondary N) is 1. The number of benzene rings is 1. The maximum absolute atomic E-state index is 6.44. The molecule has 3 aromatic rings. The van der Waals surface area contributed by atoms with E-state index in [4.69, 9.17) is 41.4 Å². The number of rotatable bonds is 15. The second-order valence-electron chi connectivity index (χ2n) is 13.1. The number of aliphatic imine (C=N–C) groups is 2. The van der Waals surface area contributed by atoms with Crippen LogP contribution in [0.15, 0.2) is 46.8 Å². The van der Waals surface area contributed by atoms with Gasteiger partial charge in [0, 0.05) is 49.6 Å². The van der Waals surface area contributed by atoms with Crippen LogP contribution in [0.5, 0.6) is 11.6 Å². The molecule has 0 spiro atoms. The number of ether oxygens (including phenoxy) is 4. The zero-order valence-corrected chi connectivity index (χ0v) is 29.1. The van der Waals surface area contributed by atoms with E-state index in [0.29, 0.717) is 54.4 Å². The second kappa shape index (κ2) is 17.0. The van der Waals surface area contributed by atoms with Crippen molar-refractivity contribution < 1.29 is 18.9 Å². The van der Waals surface area contributed by atoms with Gasteiger partial charge >= 0.3 is 0 Å². The molecule has 5 rings (SSSR count). The molecule has 2 fully saturated rings. The van der Waals surface area contributed by atoms with Gasteiger partial charge in [-0.2, -0.15) is 0 Å². The van der Waals surface area contributed by atoms with E-state index in [1.165, 1.54) is 12.7 Å². The molecule has 0 unspecified atom stereocenters. The Bertz CT molecular complexity index is 1500. The van der Waals surface area contributed by atoms with Crippen LogP contribution in [0.3, 0.4) is 0 Å². The Kier molecular flexibility index (Phi) is 12.6. The van der Waals surface area contributed by atoms with E-state index >= 15 is 0 Å². The Morgan fingerprint density at radius 2 is 1.83 bits per heavy atom. The molecular formula is C34H48ClN9O4. The van der Waals surface area contributed by atoms with Crippen molar-refractivity contribution in [1.29, 1.82) is 0 Å². The molecule has 14 heteroatoms. The fourth-order valence-corrected chi connectivity index (χ4v) is 6.21. The van der Waals surface area contributed by atoms with Crippen molar-refractivity contribution >= 4 is 35.9 Å². The molecule has 48 heavy (non-hydrogen) atoms. The van der Waals surface area contributed by atoms with E-state index in [9.17, 15) is 0 Å². The van der Waals surface area contributed by atoms with Gasteiger partial charge in [-0.1, -0.05) is 31.5 Å². The lowest BCUT2D eigenvalue weighted by Gasteiger charge is -2.38. The van der Waals surface area contributed by atoms with Crippen molar-refractivity contribution in [1.82, 2.24) is 24.6 Å². The third kappa shape index (κ3) is 9.88. The molecule has 1 aliphatic carbocycles. The minimum atomic E-state index is -0.220. The van der Waals surface area contributed by atoms with Gasteiger partial charge in [-0.15, -0.1) is 5.10 Å². The maximum atomic E-state index is 6.44. The summed E-state index contributed by atoms with van der Waals surface area (Å²) < 4.78 is 25.4. The van der Waals surface area contributed by atoms with Crippen molar-refractivity contribution in [2.75, 3.05) is 58.5 Å². The summed E-state index contributed by atoms with van der Waals surface area (Å²) in [6, 6.07) is 6.48. The van der Waals surface area contributed by atoms with Crippen LogP contribution < -0.4 is 20.5 Å². The van der Waals surface area contributed by atoms with Gasteiger partial charge in [0.2, 0.25) is 5.95 Å². The van der Waals surface area contributed by atoms with Crippen LogP contribution in [0, 0.1) is 5.41 Å². The van der Waals surface area contributed by atoms with Gasteiger partial charge in [0.15, 0.2) is 0 Å². The Balaban J connectivity index is 1.28. The van der Waals surface area contributed by atoms with Crippen molar-refractivity contribution in [3.05, 3.63) is 41.8 Å². The van der Waals surface area contributed by atoms with Crippen LogP contribution in [0.4, 0.5) is 11.6 Å². The number of nitrogens with zero attached hydrogens (tertiary/aromatic N) is 7. The predicted octanol–water partition coefficient (Wildman–Crippen LogP) is 5.39. The topological polar surface area (TPSA) is 147 Å². The first-order valence-corrected chi connectivity index (χ1v) is 16.9. The van der Waals surface area contributed by atoms with E-state index in [0.717, 1.165) is 68.8 Å². The Morgan fingerprint density at radius 1 is 1.10 bits per heavy atom. The lowest BCUT2D eigenvalue weighted by Crippen LogP contribution is -2.45. The first-order chi connectivity index (χ1) is 23.2. The van der Waals surface area contributed by atoms with Crippen molar-refractivity contribution in [2.45, 2.75) is 64.6 Å². The minimum Gasteiger partial charge on any atom is -0.487 e. The highest BCUT2D eigenvalue weighted by atomic mass is 35.5. The Labute approximate surface area is 287 Å². The molecule has 1 atom stereocenters. The highest BCUT2D eigenvalue weighted by Gasteiger charge is 2.29. The van der Waals surface area contributed by atoms with Gasteiger partial charge in [0.05, 0.1) is 56.6 Å². The zero-order valence-electron chi connectivity index (χ0n) is 28.3. The van der Waals surface area contributed by atoms with Crippen molar-refractivity contribution in [2.24, 2.45) is 21.1 Å². The quantitative estimate of drug-likeness (QED) is 0.158. The SMILES string of the molecule is COCC(C)(C)COc1nn(C2CCC(N3CCOCC3)CC2)cc1Nc1ncc(-c2ccc(Cl)c(O[C@@H](C)CN=CN=CN)c2)cn1. The Morgan fingerprint density at radius 3 is 2.54 bits per heavy atom. The van der Waals surface area contributed by atoms with Crippen LogP contribution in [0.2, 0.25) is 5.02 Å². The standard InChI is InChI=1S/C34H48ClN9O4/c1-24(16-37-23-38-22-36)48-31-15-25(5-10-29(31)35)26-17-39-33(40-18-26)41-30-19-44(42-32(30)47-21-34(2,3)20-45-4)28-8-6-27(7-9-28)43-11-13-46-14-12-43/h5,10,15,17-19,22-24,27-28H,6-9,11-14,16,20-21H2,1-4H3,(H2,36,37,38)(H,39,40,41)/t24-,27?,28?/m0/s1. The van der Waals surface area contributed by atoms with Crippen LogP contribution in [0.25, 0.3) is 11.1 Å². The van der Waals surface area contributed by atoms with Gasteiger partial charge in [-0.25, -0.2) is 15.0 Å². The smallest absolute Gasteiger partial charge is 0.256 e. The van der Waals surface area contributed by atoms with E-state index in [1.807, 2.05) is 25.3 Å². The summed E-state index contributed by atoms with van der Waals surface area (Å²) in [6.07, 6.45) is 12.3. The zero-order chi connectivity index (χ0) is 33.9. The van der Waals surface area contributed by atoms with Crippen LogP contribution >= 0.6 is 11.6 Å². The molecular weight excluding hydrogens is 634 g/mol. The van der Waals surface area contributed by atoms with Crippen molar-refractivity contribution in [3.8, 4) is 22.8 Å². The third-order valence-corrected chi connectivity index (χ3v) is 8.84. The van der Waals surface area contributed by atoms with Gasteiger partial charge < -0.3 is 30.0 Å². The van der Waals surface area contributed by atoms with Gasteiger partial charge in [0.25, 0.3) is 5.88 Å². The lowest BCUT2D eigenvalue weighted by molar-refractivity contribution is 0.00499. The van der Waals surface area contributed by atoms with E-state index in [1.54, 1.807) is 25.6 Å². The summed E-state index contributed by atoms with van der Waals surface area (Å²) in [5.74, 6) is 1.51. The largest absolute Gasteiger partial charge is 0.487 e. The number of aromatic nitrogens is 4. The van der Waals surface area contributed by atoms with Crippen LogP contribution in [0.1, 0.15) is 52.5 Å². The minimum absolute atomic E-state index is 0.185.